The van der Waals surface area contributed by atoms with E-state index in [1.165, 1.54) is 18.2 Å². The number of phenolic OH excluding ortho intramolecular Hbond substituents is 3. The van der Waals surface area contributed by atoms with Crippen molar-refractivity contribution in [2.24, 2.45) is 0 Å². The summed E-state index contributed by atoms with van der Waals surface area (Å²) in [7, 11) is 0. The largest absolute Gasteiger partial charge is 0.508 e. The van der Waals surface area contributed by atoms with E-state index in [0.717, 1.165) is 5.56 Å². The van der Waals surface area contributed by atoms with Crippen LogP contribution in [-0.2, 0) is 4.79 Å². The lowest BCUT2D eigenvalue weighted by molar-refractivity contribution is -0.0979. The van der Waals surface area contributed by atoms with Crippen LogP contribution in [0, 0.1) is 6.92 Å². The minimum Gasteiger partial charge on any atom is -0.508 e. The Balaban J connectivity index is 0.000000283. The van der Waals surface area contributed by atoms with Crippen LogP contribution >= 0.6 is 0 Å². The van der Waals surface area contributed by atoms with Crippen LogP contribution in [0.25, 0.3) is 0 Å². The minimum atomic E-state index is 0.0880. The Bertz CT molecular complexity index is 431. The SMILES string of the molecule is C=O.Cc1ccccc1O.Oc1cccc(O)c1. The highest BCUT2D eigenvalue weighted by atomic mass is 16.3. The van der Waals surface area contributed by atoms with E-state index >= 15 is 0 Å². The van der Waals surface area contributed by atoms with Gasteiger partial charge < -0.3 is 20.1 Å². The van der Waals surface area contributed by atoms with Gasteiger partial charge >= 0.3 is 0 Å². The Labute approximate surface area is 106 Å². The number of aromatic hydroxyl groups is 3. The fourth-order valence-electron chi connectivity index (χ4n) is 1.06. The molecule has 0 amide bonds. The molecule has 96 valence electrons. The first-order valence-electron chi connectivity index (χ1n) is 5.11. The molecule has 4 heteroatoms. The second kappa shape index (κ2) is 8.64. The summed E-state index contributed by atoms with van der Waals surface area (Å²) in [5.74, 6) is 0.544. The Kier molecular flexibility index (Phi) is 7.44. The zero-order valence-corrected chi connectivity index (χ0v) is 10.1. The second-order valence-electron chi connectivity index (χ2n) is 3.31. The molecule has 0 aliphatic carbocycles. The molecular weight excluding hydrogens is 232 g/mol. The van der Waals surface area contributed by atoms with Crippen LogP contribution in [0.15, 0.2) is 48.5 Å². The molecule has 2 aromatic rings. The van der Waals surface area contributed by atoms with E-state index in [9.17, 15) is 0 Å². The molecule has 0 aliphatic rings. The van der Waals surface area contributed by atoms with Gasteiger partial charge in [0.15, 0.2) is 0 Å². The van der Waals surface area contributed by atoms with E-state index in [0.29, 0.717) is 5.75 Å². The number of hydrogen-bond acceptors (Lipinski definition) is 4. The summed E-state index contributed by atoms with van der Waals surface area (Å²) in [5, 5.41) is 26.2. The molecule has 2 rings (SSSR count). The van der Waals surface area contributed by atoms with Crippen molar-refractivity contribution in [3.8, 4) is 17.2 Å². The molecule has 4 nitrogen and oxygen atoms in total. The third-order valence-corrected chi connectivity index (χ3v) is 1.95. The minimum absolute atomic E-state index is 0.0880. The van der Waals surface area contributed by atoms with Crippen LogP contribution in [0.5, 0.6) is 17.2 Å². The maximum atomic E-state index is 8.92. The summed E-state index contributed by atoms with van der Waals surface area (Å²) in [5.41, 5.74) is 0.924. The van der Waals surface area contributed by atoms with E-state index < -0.39 is 0 Å². The maximum Gasteiger partial charge on any atom is 0.119 e. The highest BCUT2D eigenvalue weighted by molar-refractivity contribution is 5.30. The predicted octanol–water partition coefficient (Wildman–Crippen LogP) is 2.61. The first-order chi connectivity index (χ1) is 8.59. The van der Waals surface area contributed by atoms with Crippen LogP contribution < -0.4 is 0 Å². The van der Waals surface area contributed by atoms with E-state index in [4.69, 9.17) is 20.1 Å². The number of para-hydroxylation sites is 1. The van der Waals surface area contributed by atoms with E-state index in [1.807, 2.05) is 31.9 Å². The number of phenols is 3. The predicted molar refractivity (Wildman–Crippen MR) is 69.7 cm³/mol. The van der Waals surface area contributed by atoms with Gasteiger partial charge in [0.2, 0.25) is 0 Å². The van der Waals surface area contributed by atoms with E-state index in [1.54, 1.807) is 12.1 Å². The molecule has 0 heterocycles. The molecule has 0 aromatic heterocycles. The van der Waals surface area contributed by atoms with Crippen molar-refractivity contribution in [2.75, 3.05) is 0 Å². The van der Waals surface area contributed by atoms with Crippen LogP contribution in [0.3, 0.4) is 0 Å². The van der Waals surface area contributed by atoms with Crippen LogP contribution in [-0.4, -0.2) is 22.1 Å². The second-order valence-corrected chi connectivity index (χ2v) is 3.31. The highest BCUT2D eigenvalue weighted by Gasteiger charge is 1.87. The van der Waals surface area contributed by atoms with Gasteiger partial charge in [0.05, 0.1) is 0 Å². The van der Waals surface area contributed by atoms with Crippen molar-refractivity contribution >= 4 is 6.79 Å². The quantitative estimate of drug-likeness (QED) is 0.669. The van der Waals surface area contributed by atoms with Gasteiger partial charge in [-0.05, 0) is 30.7 Å². The lowest BCUT2D eigenvalue weighted by atomic mass is 10.2. The molecule has 3 N–H and O–H groups in total. The van der Waals surface area contributed by atoms with Gasteiger partial charge in [-0.1, -0.05) is 24.3 Å². The molecule has 0 saturated heterocycles. The molecule has 18 heavy (non-hydrogen) atoms. The summed E-state index contributed by atoms with van der Waals surface area (Å²) in [6.45, 7) is 3.87. The third-order valence-electron chi connectivity index (χ3n) is 1.95. The molecule has 2 aromatic carbocycles. The van der Waals surface area contributed by atoms with Gasteiger partial charge in [-0.2, -0.15) is 0 Å². The zero-order valence-electron chi connectivity index (χ0n) is 10.1. The normalized spacial score (nSPS) is 8.28. The summed E-state index contributed by atoms with van der Waals surface area (Å²) >= 11 is 0. The Morgan fingerprint density at radius 1 is 0.833 bits per heavy atom. The van der Waals surface area contributed by atoms with Crippen LogP contribution in [0.4, 0.5) is 0 Å². The summed E-state index contributed by atoms with van der Waals surface area (Å²) < 4.78 is 0. The number of carbonyl (C=O) groups excluding carboxylic acids is 1. The summed E-state index contributed by atoms with van der Waals surface area (Å²) in [6, 6.07) is 13.1. The number of rotatable bonds is 0. The molecule has 0 fully saturated rings. The fourth-order valence-corrected chi connectivity index (χ4v) is 1.06. The molecule has 0 bridgehead atoms. The third kappa shape index (κ3) is 6.17. The van der Waals surface area contributed by atoms with Gasteiger partial charge in [0.25, 0.3) is 0 Å². The molecule has 0 atom stereocenters. The van der Waals surface area contributed by atoms with Crippen molar-refractivity contribution in [1.29, 1.82) is 0 Å². The monoisotopic (exact) mass is 248 g/mol. The first-order valence-corrected chi connectivity index (χ1v) is 5.11. The molecule has 0 aliphatic heterocycles. The molecule has 0 spiro atoms. The zero-order chi connectivity index (χ0) is 14.0. The number of aryl methyl sites for hydroxylation is 1. The first kappa shape index (κ1) is 15.5. The van der Waals surface area contributed by atoms with E-state index in [2.05, 4.69) is 0 Å². The topological polar surface area (TPSA) is 77.8 Å². The van der Waals surface area contributed by atoms with Crippen molar-refractivity contribution in [2.45, 2.75) is 6.92 Å². The average Bonchev–Trinajstić information content (AvgIpc) is 2.36. The number of benzene rings is 2. The summed E-state index contributed by atoms with van der Waals surface area (Å²) in [6.07, 6.45) is 0. The standard InChI is InChI=1S/C7H8O.C6H6O2.CH2O/c1-6-4-2-3-5-7(6)8;7-5-2-1-3-6(8)4-5;1-2/h2-5,8H,1H3;1-4,7-8H;1H2. The van der Waals surface area contributed by atoms with Gasteiger partial charge in [-0.3, -0.25) is 0 Å². The smallest absolute Gasteiger partial charge is 0.119 e. The average molecular weight is 248 g/mol. The highest BCUT2D eigenvalue weighted by Crippen LogP contribution is 2.14. The number of hydrogen-bond donors (Lipinski definition) is 3. The molecule has 0 unspecified atom stereocenters. The Morgan fingerprint density at radius 2 is 1.33 bits per heavy atom. The lowest BCUT2D eigenvalue weighted by Crippen LogP contribution is -1.68. The van der Waals surface area contributed by atoms with Crippen molar-refractivity contribution < 1.29 is 20.1 Å². The molecule has 0 radical (unpaired) electrons. The Morgan fingerprint density at radius 3 is 1.61 bits per heavy atom. The van der Waals surface area contributed by atoms with Crippen LogP contribution in [0.1, 0.15) is 5.56 Å². The lowest BCUT2D eigenvalue weighted by Gasteiger charge is -1.92. The van der Waals surface area contributed by atoms with Gasteiger partial charge in [0, 0.05) is 6.07 Å². The van der Waals surface area contributed by atoms with Gasteiger partial charge in [-0.15, -0.1) is 0 Å². The number of carbonyl (C=O) groups is 1. The van der Waals surface area contributed by atoms with Crippen LogP contribution in [0.2, 0.25) is 0 Å². The van der Waals surface area contributed by atoms with Crippen molar-refractivity contribution in [1.82, 2.24) is 0 Å². The maximum absolute atomic E-state index is 8.92. The molecular formula is C14H16O4. The summed E-state index contributed by atoms with van der Waals surface area (Å²) in [4.78, 5) is 8.00. The fraction of sp³-hybridized carbons (Fsp3) is 0.0714. The van der Waals surface area contributed by atoms with E-state index in [-0.39, 0.29) is 11.5 Å². The van der Waals surface area contributed by atoms with Crippen molar-refractivity contribution in [3.05, 3.63) is 54.1 Å². The van der Waals surface area contributed by atoms with Crippen molar-refractivity contribution in [3.63, 3.8) is 0 Å². The van der Waals surface area contributed by atoms with Gasteiger partial charge in [-0.25, -0.2) is 0 Å². The van der Waals surface area contributed by atoms with Gasteiger partial charge in [0.1, 0.15) is 24.0 Å². The Hall–Kier alpha value is -2.49. The molecule has 0 saturated carbocycles.